The van der Waals surface area contributed by atoms with E-state index in [0.717, 1.165) is 16.6 Å². The van der Waals surface area contributed by atoms with Crippen LogP contribution in [0.5, 0.6) is 0 Å². The van der Waals surface area contributed by atoms with Crippen LogP contribution < -0.4 is 11.0 Å². The molecule has 2 aromatic carbocycles. The fourth-order valence-electron chi connectivity index (χ4n) is 2.97. The Hall–Kier alpha value is -2.53. The fraction of sp³-hybridized carbons (Fsp3) is 0.263. The molecule has 0 saturated carbocycles. The van der Waals surface area contributed by atoms with Crippen LogP contribution in [-0.2, 0) is 18.4 Å². The number of hydrogen-bond donors (Lipinski definition) is 1. The second kappa shape index (κ2) is 7.15. The van der Waals surface area contributed by atoms with Crippen molar-refractivity contribution in [1.82, 2.24) is 14.5 Å². The van der Waals surface area contributed by atoms with Crippen LogP contribution in [0.25, 0.3) is 11.0 Å². The lowest BCUT2D eigenvalue weighted by Gasteiger charge is -2.14. The van der Waals surface area contributed by atoms with Crippen LogP contribution in [0.15, 0.2) is 53.3 Å². The number of fused-ring (bicyclic) bond motifs is 1. The van der Waals surface area contributed by atoms with E-state index in [0.29, 0.717) is 11.6 Å². The van der Waals surface area contributed by atoms with Crippen molar-refractivity contribution in [2.45, 2.75) is 25.9 Å². The summed E-state index contributed by atoms with van der Waals surface area (Å²) in [6, 6.07) is 14.8. The van der Waals surface area contributed by atoms with Gasteiger partial charge in [0, 0.05) is 25.0 Å². The molecule has 0 aliphatic heterocycles. The van der Waals surface area contributed by atoms with E-state index in [4.69, 9.17) is 11.6 Å². The number of aromatic nitrogens is 2. The normalized spacial score (nSPS) is 12.3. The van der Waals surface area contributed by atoms with Gasteiger partial charge in [-0.05, 0) is 36.8 Å². The highest BCUT2D eigenvalue weighted by atomic mass is 35.5. The molecule has 3 aromatic rings. The Bertz CT molecular complexity index is 974. The molecule has 0 fully saturated rings. The van der Waals surface area contributed by atoms with Gasteiger partial charge in [-0.25, -0.2) is 4.79 Å². The summed E-state index contributed by atoms with van der Waals surface area (Å²) in [7, 11) is 1.74. The minimum atomic E-state index is -0.143. The van der Waals surface area contributed by atoms with Crippen LogP contribution in [0.2, 0.25) is 5.02 Å². The zero-order chi connectivity index (χ0) is 18.0. The number of carbonyl (C=O) groups excluding carboxylic acids is 1. The van der Waals surface area contributed by atoms with Crippen molar-refractivity contribution < 1.29 is 4.79 Å². The van der Waals surface area contributed by atoms with Gasteiger partial charge in [0.05, 0.1) is 17.1 Å². The molecule has 1 N–H and O–H groups in total. The van der Waals surface area contributed by atoms with Gasteiger partial charge in [-0.2, -0.15) is 0 Å². The van der Waals surface area contributed by atoms with E-state index in [1.165, 1.54) is 0 Å². The molecule has 0 aliphatic carbocycles. The van der Waals surface area contributed by atoms with E-state index < -0.39 is 0 Å². The van der Waals surface area contributed by atoms with Crippen molar-refractivity contribution in [3.8, 4) is 0 Å². The van der Waals surface area contributed by atoms with Crippen LogP contribution in [0.1, 0.15) is 24.9 Å². The molecule has 1 heterocycles. The third kappa shape index (κ3) is 3.61. The average molecular weight is 358 g/mol. The smallest absolute Gasteiger partial charge is 0.328 e. The standard InChI is InChI=1S/C19H20ClN3O2/c1-13(14-6-5-7-15(20)12-14)21-18(24)10-11-23-17-9-4-3-8-16(17)22(2)19(23)25/h3-9,12-13H,10-11H2,1-2H3,(H,21,24)/t13-/m0/s1. The highest BCUT2D eigenvalue weighted by Gasteiger charge is 2.13. The predicted octanol–water partition coefficient (Wildman–Crippen LogP) is 3.26. The number of halogens is 1. The average Bonchev–Trinajstić information content (AvgIpc) is 2.84. The number of nitrogens with zero attached hydrogens (tertiary/aromatic N) is 2. The monoisotopic (exact) mass is 357 g/mol. The molecule has 0 unspecified atom stereocenters. The molecule has 3 rings (SSSR count). The zero-order valence-electron chi connectivity index (χ0n) is 14.2. The van der Waals surface area contributed by atoms with E-state index in [-0.39, 0.29) is 24.1 Å². The van der Waals surface area contributed by atoms with Crippen LogP contribution in [0.4, 0.5) is 0 Å². The first-order valence-electron chi connectivity index (χ1n) is 8.16. The number of aryl methyl sites for hydroxylation is 2. The molecule has 130 valence electrons. The van der Waals surface area contributed by atoms with Crippen molar-refractivity contribution >= 4 is 28.5 Å². The van der Waals surface area contributed by atoms with E-state index in [2.05, 4.69) is 5.32 Å². The van der Waals surface area contributed by atoms with Gasteiger partial charge < -0.3 is 5.32 Å². The van der Waals surface area contributed by atoms with E-state index in [1.54, 1.807) is 22.2 Å². The van der Waals surface area contributed by atoms with Gasteiger partial charge in [-0.1, -0.05) is 35.9 Å². The lowest BCUT2D eigenvalue weighted by Crippen LogP contribution is -2.29. The lowest BCUT2D eigenvalue weighted by molar-refractivity contribution is -0.121. The number of para-hydroxylation sites is 2. The molecule has 5 nitrogen and oxygen atoms in total. The van der Waals surface area contributed by atoms with Crippen LogP contribution in [0.3, 0.4) is 0 Å². The maximum Gasteiger partial charge on any atom is 0.328 e. The summed E-state index contributed by atoms with van der Waals surface area (Å²) >= 11 is 5.99. The number of benzene rings is 2. The molecule has 1 amide bonds. The number of amides is 1. The fourth-order valence-corrected chi connectivity index (χ4v) is 3.16. The van der Waals surface area contributed by atoms with E-state index >= 15 is 0 Å². The molecule has 25 heavy (non-hydrogen) atoms. The number of nitrogens with one attached hydrogen (secondary N) is 1. The number of imidazole rings is 1. The van der Waals surface area contributed by atoms with Crippen molar-refractivity contribution in [3.05, 3.63) is 69.6 Å². The third-order valence-corrected chi connectivity index (χ3v) is 4.58. The van der Waals surface area contributed by atoms with Crippen LogP contribution in [0, 0.1) is 0 Å². The molecule has 0 spiro atoms. The summed E-state index contributed by atoms with van der Waals surface area (Å²) in [5.41, 5.74) is 2.53. The Morgan fingerprint density at radius 1 is 1.16 bits per heavy atom. The largest absolute Gasteiger partial charge is 0.350 e. The summed E-state index contributed by atoms with van der Waals surface area (Å²) in [5, 5.41) is 3.59. The second-order valence-corrected chi connectivity index (χ2v) is 6.51. The summed E-state index contributed by atoms with van der Waals surface area (Å²) in [6.45, 7) is 2.25. The van der Waals surface area contributed by atoms with Gasteiger partial charge in [-0.15, -0.1) is 0 Å². The van der Waals surface area contributed by atoms with Gasteiger partial charge in [0.15, 0.2) is 0 Å². The highest BCUT2D eigenvalue weighted by Crippen LogP contribution is 2.17. The summed E-state index contributed by atoms with van der Waals surface area (Å²) < 4.78 is 3.24. The Kier molecular flexibility index (Phi) is 4.95. The number of rotatable bonds is 5. The van der Waals surface area contributed by atoms with Crippen LogP contribution in [-0.4, -0.2) is 15.0 Å². The second-order valence-electron chi connectivity index (χ2n) is 6.08. The summed E-state index contributed by atoms with van der Waals surface area (Å²) in [4.78, 5) is 24.6. The van der Waals surface area contributed by atoms with Gasteiger partial charge >= 0.3 is 5.69 Å². The minimum Gasteiger partial charge on any atom is -0.350 e. The van der Waals surface area contributed by atoms with Crippen molar-refractivity contribution in [1.29, 1.82) is 0 Å². The Morgan fingerprint density at radius 2 is 1.88 bits per heavy atom. The SMILES string of the molecule is C[C@H](NC(=O)CCn1c(=O)n(C)c2ccccc21)c1cccc(Cl)c1. The first-order valence-corrected chi connectivity index (χ1v) is 8.54. The van der Waals surface area contributed by atoms with Gasteiger partial charge in [0.1, 0.15) is 0 Å². The molecule has 0 saturated heterocycles. The minimum absolute atomic E-state index is 0.104. The Labute approximate surface area is 150 Å². The summed E-state index contributed by atoms with van der Waals surface area (Å²) in [5.74, 6) is -0.104. The van der Waals surface area contributed by atoms with Gasteiger partial charge in [0.2, 0.25) is 5.91 Å². The molecular formula is C19H20ClN3O2. The third-order valence-electron chi connectivity index (χ3n) is 4.34. The molecule has 6 heteroatoms. The molecule has 1 atom stereocenters. The Balaban J connectivity index is 1.69. The predicted molar refractivity (Wildman–Crippen MR) is 99.8 cm³/mol. The molecule has 1 aromatic heterocycles. The molecule has 0 aliphatic rings. The molecule has 0 bridgehead atoms. The van der Waals surface area contributed by atoms with Gasteiger partial charge in [0.25, 0.3) is 0 Å². The highest BCUT2D eigenvalue weighted by molar-refractivity contribution is 6.30. The maximum atomic E-state index is 12.4. The van der Waals surface area contributed by atoms with E-state index in [9.17, 15) is 9.59 Å². The topological polar surface area (TPSA) is 56.0 Å². The lowest BCUT2D eigenvalue weighted by atomic mass is 10.1. The molecular weight excluding hydrogens is 338 g/mol. The number of hydrogen-bond acceptors (Lipinski definition) is 2. The van der Waals surface area contributed by atoms with E-state index in [1.807, 2.05) is 49.4 Å². The van der Waals surface area contributed by atoms with Crippen molar-refractivity contribution in [2.75, 3.05) is 0 Å². The van der Waals surface area contributed by atoms with Crippen LogP contribution >= 0.6 is 11.6 Å². The van der Waals surface area contributed by atoms with Crippen molar-refractivity contribution in [2.24, 2.45) is 7.05 Å². The Morgan fingerprint density at radius 3 is 2.60 bits per heavy atom. The first-order chi connectivity index (χ1) is 12.0. The zero-order valence-corrected chi connectivity index (χ0v) is 15.0. The van der Waals surface area contributed by atoms with Crippen molar-refractivity contribution in [3.63, 3.8) is 0 Å². The number of carbonyl (C=O) groups is 1. The summed E-state index contributed by atoms with van der Waals surface area (Å²) in [6.07, 6.45) is 0.235. The molecule has 0 radical (unpaired) electrons. The maximum absolute atomic E-state index is 12.4. The quantitative estimate of drug-likeness (QED) is 0.762. The first kappa shape index (κ1) is 17.3. The van der Waals surface area contributed by atoms with Gasteiger partial charge in [-0.3, -0.25) is 13.9 Å².